The zero-order chi connectivity index (χ0) is 22.1. The van der Waals surface area contributed by atoms with Gasteiger partial charge in [0.15, 0.2) is 5.96 Å². The first-order valence-electron chi connectivity index (χ1n) is 12.0. The maximum absolute atomic E-state index is 5.28. The van der Waals surface area contributed by atoms with Crippen molar-refractivity contribution in [3.8, 4) is 5.75 Å². The van der Waals surface area contributed by atoms with E-state index in [1.54, 1.807) is 7.11 Å². The molecule has 7 heteroatoms. The highest BCUT2D eigenvalue weighted by Gasteiger charge is 2.21. The topological polar surface area (TPSA) is 46.6 Å². The smallest absolute Gasteiger partial charge is 0.194 e. The molecule has 0 bridgehead atoms. The third-order valence-corrected chi connectivity index (χ3v) is 6.39. The van der Waals surface area contributed by atoms with Gasteiger partial charge < -0.3 is 29.7 Å². The Morgan fingerprint density at radius 3 is 2.19 bits per heavy atom. The molecule has 3 rings (SSSR count). The Bertz CT molecular complexity index is 663. The molecule has 1 unspecified atom stereocenters. The summed E-state index contributed by atoms with van der Waals surface area (Å²) in [5, 5.41) is 3.52. The maximum atomic E-state index is 5.28. The lowest BCUT2D eigenvalue weighted by molar-refractivity contribution is 0.125. The van der Waals surface area contributed by atoms with Crippen LogP contribution in [0.3, 0.4) is 0 Å². The molecule has 0 spiro atoms. The fraction of sp³-hybridized carbons (Fsp3) is 0.708. The fourth-order valence-electron chi connectivity index (χ4n) is 4.42. The summed E-state index contributed by atoms with van der Waals surface area (Å²) in [6, 6.07) is 8.37. The molecule has 2 saturated heterocycles. The van der Waals surface area contributed by atoms with Crippen molar-refractivity contribution in [1.82, 2.24) is 20.0 Å². The molecule has 7 nitrogen and oxygen atoms in total. The second-order valence-electron chi connectivity index (χ2n) is 8.71. The second kappa shape index (κ2) is 12.2. The van der Waals surface area contributed by atoms with E-state index in [-0.39, 0.29) is 0 Å². The predicted octanol–water partition coefficient (Wildman–Crippen LogP) is 2.06. The van der Waals surface area contributed by atoms with Crippen molar-refractivity contribution in [2.45, 2.75) is 20.8 Å². The molecule has 0 radical (unpaired) electrons. The lowest BCUT2D eigenvalue weighted by Gasteiger charge is -2.38. The molecular weight excluding hydrogens is 388 g/mol. The molecule has 1 N–H and O–H groups in total. The highest BCUT2D eigenvalue weighted by atomic mass is 16.5. The van der Waals surface area contributed by atoms with Crippen molar-refractivity contribution in [3.63, 3.8) is 0 Å². The van der Waals surface area contributed by atoms with Gasteiger partial charge in [-0.05, 0) is 43.7 Å². The molecule has 0 aromatic heterocycles. The highest BCUT2D eigenvalue weighted by molar-refractivity contribution is 5.80. The van der Waals surface area contributed by atoms with Crippen LogP contribution in [0, 0.1) is 5.92 Å². The van der Waals surface area contributed by atoms with Gasteiger partial charge in [0.1, 0.15) is 5.75 Å². The van der Waals surface area contributed by atoms with Crippen LogP contribution < -0.4 is 15.0 Å². The van der Waals surface area contributed by atoms with Crippen molar-refractivity contribution < 1.29 is 4.74 Å². The number of nitrogens with zero attached hydrogens (tertiary/aromatic N) is 5. The molecule has 31 heavy (non-hydrogen) atoms. The van der Waals surface area contributed by atoms with Gasteiger partial charge in [0.25, 0.3) is 0 Å². The monoisotopic (exact) mass is 430 g/mol. The molecule has 2 aliphatic heterocycles. The summed E-state index contributed by atoms with van der Waals surface area (Å²) in [6.45, 7) is 19.6. The fourth-order valence-corrected chi connectivity index (χ4v) is 4.42. The number of benzene rings is 1. The first-order chi connectivity index (χ1) is 15.1. The summed E-state index contributed by atoms with van der Waals surface area (Å²) >= 11 is 0. The number of anilines is 1. The van der Waals surface area contributed by atoms with E-state index in [4.69, 9.17) is 9.73 Å². The second-order valence-corrected chi connectivity index (χ2v) is 8.71. The van der Waals surface area contributed by atoms with Gasteiger partial charge in [0, 0.05) is 77.7 Å². The van der Waals surface area contributed by atoms with Crippen LogP contribution in [-0.4, -0.2) is 106 Å². The van der Waals surface area contributed by atoms with Crippen LogP contribution >= 0.6 is 0 Å². The Kier molecular flexibility index (Phi) is 9.28. The van der Waals surface area contributed by atoms with Crippen LogP contribution in [0.4, 0.5) is 5.69 Å². The molecule has 174 valence electrons. The number of hydrogen-bond acceptors (Lipinski definition) is 5. The minimum Gasteiger partial charge on any atom is -0.497 e. The number of hydrogen-bond donors (Lipinski definition) is 1. The minimum absolute atomic E-state index is 0.572. The number of nitrogens with one attached hydrogen (secondary N) is 1. The van der Waals surface area contributed by atoms with E-state index in [9.17, 15) is 0 Å². The number of ether oxygens (including phenoxy) is 1. The number of aliphatic imine (C=N–C) groups is 1. The molecule has 2 heterocycles. The van der Waals surface area contributed by atoms with Crippen LogP contribution in [0.5, 0.6) is 5.75 Å². The lowest BCUT2D eigenvalue weighted by Crippen LogP contribution is -2.52. The van der Waals surface area contributed by atoms with Gasteiger partial charge in [0.05, 0.1) is 7.11 Å². The molecule has 1 atom stereocenters. The van der Waals surface area contributed by atoms with Gasteiger partial charge in [-0.15, -0.1) is 0 Å². The van der Waals surface area contributed by atoms with E-state index < -0.39 is 0 Å². The Morgan fingerprint density at radius 2 is 1.61 bits per heavy atom. The number of guanidine groups is 1. The maximum Gasteiger partial charge on any atom is 0.194 e. The van der Waals surface area contributed by atoms with Crippen molar-refractivity contribution in [2.75, 3.05) is 90.5 Å². The average molecular weight is 431 g/mol. The van der Waals surface area contributed by atoms with Crippen LogP contribution in [0.1, 0.15) is 20.8 Å². The van der Waals surface area contributed by atoms with E-state index >= 15 is 0 Å². The van der Waals surface area contributed by atoms with Crippen molar-refractivity contribution in [2.24, 2.45) is 10.9 Å². The van der Waals surface area contributed by atoms with Crippen molar-refractivity contribution >= 4 is 11.6 Å². The summed E-state index contributed by atoms with van der Waals surface area (Å²) in [5.41, 5.74) is 1.26. The van der Waals surface area contributed by atoms with Gasteiger partial charge >= 0.3 is 0 Å². The van der Waals surface area contributed by atoms with Crippen molar-refractivity contribution in [1.29, 1.82) is 0 Å². The summed E-state index contributed by atoms with van der Waals surface area (Å²) in [7, 11) is 1.71. The van der Waals surface area contributed by atoms with Gasteiger partial charge in [-0.1, -0.05) is 13.8 Å². The van der Waals surface area contributed by atoms with Crippen LogP contribution in [0.15, 0.2) is 29.3 Å². The highest BCUT2D eigenvalue weighted by Crippen LogP contribution is 2.20. The Morgan fingerprint density at radius 1 is 0.968 bits per heavy atom. The SMILES string of the molecule is CCNC(=NCC(C)CN1CCN(CC)CC1)N1CCN(c2ccc(OC)cc2)CC1. The molecule has 0 amide bonds. The normalized spacial score (nSPS) is 20.1. The van der Waals surface area contributed by atoms with Gasteiger partial charge in [0.2, 0.25) is 0 Å². The van der Waals surface area contributed by atoms with Crippen LogP contribution in [0.2, 0.25) is 0 Å². The van der Waals surface area contributed by atoms with Gasteiger partial charge in [-0.3, -0.25) is 4.99 Å². The molecule has 0 saturated carbocycles. The van der Waals surface area contributed by atoms with E-state index in [0.717, 1.165) is 57.5 Å². The van der Waals surface area contributed by atoms with E-state index in [0.29, 0.717) is 5.92 Å². The van der Waals surface area contributed by atoms with Gasteiger partial charge in [-0.2, -0.15) is 0 Å². The Labute approximate surface area is 189 Å². The molecule has 2 fully saturated rings. The summed E-state index contributed by atoms with van der Waals surface area (Å²) < 4.78 is 5.28. The number of methoxy groups -OCH3 is 1. The first-order valence-corrected chi connectivity index (χ1v) is 12.0. The van der Waals surface area contributed by atoms with E-state index in [1.807, 2.05) is 12.1 Å². The van der Waals surface area contributed by atoms with Crippen LogP contribution in [-0.2, 0) is 0 Å². The first kappa shape index (κ1) is 23.7. The van der Waals surface area contributed by atoms with E-state index in [1.165, 1.54) is 38.4 Å². The molecule has 1 aromatic rings. The number of piperazine rings is 2. The average Bonchev–Trinajstić information content (AvgIpc) is 2.82. The van der Waals surface area contributed by atoms with E-state index in [2.05, 4.69) is 57.8 Å². The largest absolute Gasteiger partial charge is 0.497 e. The summed E-state index contributed by atoms with van der Waals surface area (Å²) in [6.07, 6.45) is 0. The zero-order valence-corrected chi connectivity index (χ0v) is 20.0. The third-order valence-electron chi connectivity index (χ3n) is 6.39. The van der Waals surface area contributed by atoms with Crippen LogP contribution in [0.25, 0.3) is 0 Å². The molecule has 0 aliphatic carbocycles. The van der Waals surface area contributed by atoms with Gasteiger partial charge in [-0.25, -0.2) is 0 Å². The van der Waals surface area contributed by atoms with Crippen molar-refractivity contribution in [3.05, 3.63) is 24.3 Å². The Hall–Kier alpha value is -1.99. The number of rotatable bonds is 8. The quantitative estimate of drug-likeness (QED) is 0.503. The third kappa shape index (κ3) is 7.01. The number of likely N-dealkylation sites (N-methyl/N-ethyl adjacent to an activating group) is 1. The standard InChI is InChI=1S/C24H42N6O/c1-5-25-24(26-19-21(3)20-28-13-11-27(6-2)12-14-28)30-17-15-29(16-18-30)22-7-9-23(31-4)10-8-22/h7-10,21H,5-6,11-20H2,1-4H3,(H,25,26). The molecule has 1 aromatic carbocycles. The Balaban J connectivity index is 1.47. The lowest BCUT2D eigenvalue weighted by atomic mass is 10.1. The zero-order valence-electron chi connectivity index (χ0n) is 20.0. The molecular formula is C24H42N6O. The minimum atomic E-state index is 0.572. The summed E-state index contributed by atoms with van der Waals surface area (Å²) in [4.78, 5) is 15.0. The predicted molar refractivity (Wildman–Crippen MR) is 130 cm³/mol. The molecule has 2 aliphatic rings. The summed E-state index contributed by atoms with van der Waals surface area (Å²) in [5.74, 6) is 2.55.